The van der Waals surface area contributed by atoms with Crippen LogP contribution in [0.1, 0.15) is 26.7 Å². The number of aliphatic imine (C=N–C) groups is 1. The van der Waals surface area contributed by atoms with Gasteiger partial charge in [0.1, 0.15) is 0 Å². The summed E-state index contributed by atoms with van der Waals surface area (Å²) in [7, 11) is 1.68. The van der Waals surface area contributed by atoms with E-state index >= 15 is 0 Å². The predicted molar refractivity (Wildman–Crippen MR) is 75.8 cm³/mol. The van der Waals surface area contributed by atoms with Crippen LogP contribution >= 0.6 is 0 Å². The van der Waals surface area contributed by atoms with Crippen molar-refractivity contribution in [2.45, 2.75) is 32.7 Å². The summed E-state index contributed by atoms with van der Waals surface area (Å²) in [5.41, 5.74) is 5.81. The number of nitrogens with zero attached hydrogens (tertiary/aromatic N) is 2. The molecule has 0 aromatic rings. The molecule has 2 unspecified atom stereocenters. The van der Waals surface area contributed by atoms with E-state index < -0.39 is 0 Å². The van der Waals surface area contributed by atoms with Crippen LogP contribution in [0.3, 0.4) is 0 Å². The second-order valence-corrected chi connectivity index (χ2v) is 5.32. The Hall–Kier alpha value is -0.810. The number of nitrogens with two attached hydrogens (primary N) is 1. The summed E-state index contributed by atoms with van der Waals surface area (Å²) in [5, 5.41) is 3.11. The fourth-order valence-electron chi connectivity index (χ4n) is 2.39. The number of hydrogen-bond donors (Lipinski definition) is 2. The van der Waals surface area contributed by atoms with Gasteiger partial charge in [-0.15, -0.1) is 0 Å². The Kier molecular flexibility index (Phi) is 7.05. The van der Waals surface area contributed by atoms with Crippen LogP contribution in [0.5, 0.6) is 0 Å². The topological polar surface area (TPSA) is 62.9 Å². The van der Waals surface area contributed by atoms with E-state index in [1.807, 2.05) is 6.92 Å². The lowest BCUT2D eigenvalue weighted by molar-refractivity contribution is 0.179. The number of methoxy groups -OCH3 is 1. The predicted octanol–water partition coefficient (Wildman–Crippen LogP) is 0.658. The van der Waals surface area contributed by atoms with Crippen molar-refractivity contribution < 1.29 is 4.74 Å². The van der Waals surface area contributed by atoms with E-state index in [2.05, 4.69) is 22.1 Å². The average molecular weight is 256 g/mol. The highest BCUT2D eigenvalue weighted by molar-refractivity contribution is 5.78. The molecule has 2 atom stereocenters. The highest BCUT2D eigenvalue weighted by atomic mass is 16.5. The Balaban J connectivity index is 2.18. The van der Waals surface area contributed by atoms with Gasteiger partial charge in [-0.3, -0.25) is 4.99 Å². The van der Waals surface area contributed by atoms with Gasteiger partial charge in [-0.1, -0.05) is 6.92 Å². The van der Waals surface area contributed by atoms with Gasteiger partial charge in [0.05, 0.1) is 13.2 Å². The van der Waals surface area contributed by atoms with Crippen molar-refractivity contribution in [3.63, 3.8) is 0 Å². The van der Waals surface area contributed by atoms with Gasteiger partial charge in [0.2, 0.25) is 0 Å². The number of rotatable bonds is 6. The van der Waals surface area contributed by atoms with Crippen LogP contribution < -0.4 is 11.1 Å². The number of likely N-dealkylation sites (tertiary alicyclic amines) is 1. The summed E-state index contributed by atoms with van der Waals surface area (Å²) < 4.78 is 5.03. The molecule has 1 aliphatic rings. The largest absolute Gasteiger partial charge is 0.383 e. The van der Waals surface area contributed by atoms with Crippen LogP contribution in [0, 0.1) is 5.92 Å². The summed E-state index contributed by atoms with van der Waals surface area (Å²) in [6.07, 6.45) is 2.67. The number of nitrogens with one attached hydrogen (secondary N) is 1. The van der Waals surface area contributed by atoms with Gasteiger partial charge in [-0.25, -0.2) is 0 Å². The maximum absolute atomic E-state index is 5.81. The van der Waals surface area contributed by atoms with E-state index in [1.54, 1.807) is 7.11 Å². The van der Waals surface area contributed by atoms with Crippen molar-refractivity contribution in [2.24, 2.45) is 16.6 Å². The van der Waals surface area contributed by atoms with Crippen LogP contribution in [0.15, 0.2) is 4.99 Å². The second-order valence-electron chi connectivity index (χ2n) is 5.32. The molecule has 1 aliphatic heterocycles. The lowest BCUT2D eigenvalue weighted by Gasteiger charge is -2.30. The monoisotopic (exact) mass is 256 g/mol. The lowest BCUT2D eigenvalue weighted by atomic mass is 10.0. The zero-order valence-electron chi connectivity index (χ0n) is 12.0. The van der Waals surface area contributed by atoms with Crippen molar-refractivity contribution in [3.05, 3.63) is 0 Å². The smallest absolute Gasteiger partial charge is 0.188 e. The third-order valence-corrected chi connectivity index (χ3v) is 3.25. The molecule has 1 heterocycles. The minimum Gasteiger partial charge on any atom is -0.383 e. The Morgan fingerprint density at radius 3 is 3.06 bits per heavy atom. The molecule has 0 bridgehead atoms. The Labute approximate surface area is 111 Å². The molecule has 0 radical (unpaired) electrons. The minimum absolute atomic E-state index is 0.203. The van der Waals surface area contributed by atoms with E-state index in [-0.39, 0.29) is 6.04 Å². The Morgan fingerprint density at radius 2 is 2.39 bits per heavy atom. The van der Waals surface area contributed by atoms with Gasteiger partial charge < -0.3 is 20.7 Å². The van der Waals surface area contributed by atoms with E-state index in [0.717, 1.165) is 19.0 Å². The molecule has 0 aromatic carbocycles. The van der Waals surface area contributed by atoms with Crippen molar-refractivity contribution in [2.75, 3.05) is 39.9 Å². The van der Waals surface area contributed by atoms with Gasteiger partial charge >= 0.3 is 0 Å². The van der Waals surface area contributed by atoms with Gasteiger partial charge in [0, 0.05) is 26.2 Å². The molecule has 1 rings (SSSR count). The molecule has 1 fully saturated rings. The zero-order chi connectivity index (χ0) is 13.4. The van der Waals surface area contributed by atoms with Crippen molar-refractivity contribution in [3.8, 4) is 0 Å². The molecule has 0 amide bonds. The Bertz CT molecular complexity index is 257. The molecule has 0 saturated carbocycles. The van der Waals surface area contributed by atoms with E-state index in [9.17, 15) is 0 Å². The molecule has 5 nitrogen and oxygen atoms in total. The summed E-state index contributed by atoms with van der Waals surface area (Å²) in [6, 6.07) is 0.203. The van der Waals surface area contributed by atoms with Crippen LogP contribution in [0.4, 0.5) is 0 Å². The van der Waals surface area contributed by atoms with Crippen LogP contribution in [0.25, 0.3) is 0 Å². The van der Waals surface area contributed by atoms with Gasteiger partial charge in [0.15, 0.2) is 5.96 Å². The molecule has 0 aliphatic carbocycles. The second kappa shape index (κ2) is 8.32. The van der Waals surface area contributed by atoms with Gasteiger partial charge in [-0.2, -0.15) is 0 Å². The number of guanidine groups is 1. The Morgan fingerprint density at radius 1 is 1.61 bits per heavy atom. The van der Waals surface area contributed by atoms with E-state index in [0.29, 0.717) is 12.6 Å². The van der Waals surface area contributed by atoms with Crippen molar-refractivity contribution >= 4 is 5.96 Å². The first-order chi connectivity index (χ1) is 8.61. The third-order valence-electron chi connectivity index (χ3n) is 3.25. The maximum atomic E-state index is 5.81. The van der Waals surface area contributed by atoms with Crippen molar-refractivity contribution in [1.29, 1.82) is 0 Å². The number of ether oxygens (including phenoxy) is 1. The van der Waals surface area contributed by atoms with E-state index in [4.69, 9.17) is 10.5 Å². The first kappa shape index (κ1) is 15.2. The summed E-state index contributed by atoms with van der Waals surface area (Å²) >= 11 is 0. The summed E-state index contributed by atoms with van der Waals surface area (Å²) in [5.74, 6) is 1.34. The van der Waals surface area contributed by atoms with Gasteiger partial charge in [0.25, 0.3) is 0 Å². The summed E-state index contributed by atoms with van der Waals surface area (Å²) in [4.78, 5) is 6.83. The molecule has 5 heteroatoms. The van der Waals surface area contributed by atoms with Crippen LogP contribution in [-0.2, 0) is 4.74 Å². The standard InChI is InChI=1S/C13H28N4O/c1-11-5-4-7-17(9-11)8-6-15-13(14)16-12(2)10-18-3/h11-12H,4-10H2,1-3H3,(H3,14,15,16). The highest BCUT2D eigenvalue weighted by Gasteiger charge is 2.15. The maximum Gasteiger partial charge on any atom is 0.188 e. The van der Waals surface area contributed by atoms with Gasteiger partial charge in [-0.05, 0) is 32.2 Å². The normalized spacial score (nSPS) is 23.9. The first-order valence-electron chi connectivity index (χ1n) is 6.89. The van der Waals surface area contributed by atoms with Crippen LogP contribution in [0.2, 0.25) is 0 Å². The molecule has 0 spiro atoms. The molecular weight excluding hydrogens is 228 g/mol. The number of hydrogen-bond acceptors (Lipinski definition) is 3. The fourth-order valence-corrected chi connectivity index (χ4v) is 2.39. The molecule has 1 saturated heterocycles. The first-order valence-corrected chi connectivity index (χ1v) is 6.89. The quantitative estimate of drug-likeness (QED) is 0.541. The molecule has 106 valence electrons. The minimum atomic E-state index is 0.203. The van der Waals surface area contributed by atoms with Crippen LogP contribution in [-0.4, -0.2) is 56.8 Å². The average Bonchev–Trinajstić information content (AvgIpc) is 2.29. The van der Waals surface area contributed by atoms with Crippen molar-refractivity contribution in [1.82, 2.24) is 10.2 Å². The number of piperidine rings is 1. The lowest BCUT2D eigenvalue weighted by Crippen LogP contribution is -2.41. The molecular formula is C13H28N4O. The zero-order valence-corrected chi connectivity index (χ0v) is 12.0. The molecule has 18 heavy (non-hydrogen) atoms. The molecule has 0 aromatic heterocycles. The highest BCUT2D eigenvalue weighted by Crippen LogP contribution is 2.14. The summed E-state index contributed by atoms with van der Waals surface area (Å²) in [6.45, 7) is 9.16. The molecule has 3 N–H and O–H groups in total. The van der Waals surface area contributed by atoms with E-state index in [1.165, 1.54) is 25.9 Å². The third kappa shape index (κ3) is 6.21. The fraction of sp³-hybridized carbons (Fsp3) is 0.923. The SMILES string of the molecule is COCC(C)NC(N)=NCCN1CCCC(C)C1.